The predicted molar refractivity (Wildman–Crippen MR) is 125 cm³/mol. The Morgan fingerprint density at radius 1 is 0.906 bits per heavy atom. The lowest BCUT2D eigenvalue weighted by molar-refractivity contribution is -0.141. The number of hydrogen-bond donors (Lipinski definition) is 1. The summed E-state index contributed by atoms with van der Waals surface area (Å²) in [5, 5.41) is 11.4. The molecule has 2 aliphatic carbocycles. The molecule has 0 radical (unpaired) electrons. The first-order chi connectivity index (χ1) is 15.6. The second-order valence-corrected chi connectivity index (χ2v) is 9.55. The minimum Gasteiger partial charge on any atom is -0.507 e. The maximum absolute atomic E-state index is 13.3. The monoisotopic (exact) mass is 429 g/mol. The second kappa shape index (κ2) is 8.57. The van der Waals surface area contributed by atoms with Gasteiger partial charge in [-0.3, -0.25) is 9.59 Å². The van der Waals surface area contributed by atoms with E-state index in [0.717, 1.165) is 56.1 Å². The van der Waals surface area contributed by atoms with Crippen molar-refractivity contribution < 1.29 is 14.7 Å². The molecule has 2 aromatic rings. The number of rotatable bonds is 3. The van der Waals surface area contributed by atoms with Gasteiger partial charge >= 0.3 is 0 Å². The van der Waals surface area contributed by atoms with E-state index in [-0.39, 0.29) is 17.4 Å². The van der Waals surface area contributed by atoms with Gasteiger partial charge in [0.25, 0.3) is 11.7 Å². The van der Waals surface area contributed by atoms with Crippen molar-refractivity contribution in [1.29, 1.82) is 0 Å². The van der Waals surface area contributed by atoms with Crippen molar-refractivity contribution in [2.24, 2.45) is 0 Å². The van der Waals surface area contributed by atoms with Crippen molar-refractivity contribution in [1.82, 2.24) is 4.90 Å². The number of likely N-dealkylation sites (tertiary alicyclic amines) is 1. The Labute approximate surface area is 189 Å². The van der Waals surface area contributed by atoms with Gasteiger partial charge in [-0.15, -0.1) is 0 Å². The standard InChI is InChI=1S/C28H31NO3/c1-18-9-5-8-14-23(18)25-24(27(31)28(32)29(25)22-12-3-2-4-13-22)26(30)21-16-15-19-10-6-7-11-20(19)17-21/h5,8-9,14-17,22,25,30H,2-4,6-7,10-13H2,1H3/b26-24+. The molecule has 4 nitrogen and oxygen atoms in total. The van der Waals surface area contributed by atoms with Crippen LogP contribution < -0.4 is 0 Å². The summed E-state index contributed by atoms with van der Waals surface area (Å²) in [4.78, 5) is 28.4. The Balaban J connectivity index is 1.65. The number of hydrogen-bond acceptors (Lipinski definition) is 3. The molecule has 1 aliphatic heterocycles. The lowest BCUT2D eigenvalue weighted by atomic mass is 9.87. The highest BCUT2D eigenvalue weighted by atomic mass is 16.3. The largest absolute Gasteiger partial charge is 0.507 e. The molecule has 1 unspecified atom stereocenters. The SMILES string of the molecule is Cc1ccccc1C1/C(=C(\O)c2ccc3c(c2)CCCC3)C(=O)C(=O)N1C1CCCCC1. The van der Waals surface area contributed by atoms with Gasteiger partial charge in [0, 0.05) is 11.6 Å². The molecule has 1 heterocycles. The Morgan fingerprint density at radius 2 is 1.62 bits per heavy atom. The van der Waals surface area contributed by atoms with Gasteiger partial charge in [0.2, 0.25) is 0 Å². The van der Waals surface area contributed by atoms with Crippen LogP contribution in [-0.4, -0.2) is 27.7 Å². The molecule has 1 N–H and O–H groups in total. The number of ketones is 1. The summed E-state index contributed by atoms with van der Waals surface area (Å²) in [5.41, 5.74) is 5.41. The van der Waals surface area contributed by atoms with Crippen LogP contribution in [0.5, 0.6) is 0 Å². The number of carbonyl (C=O) groups excluding carboxylic acids is 2. The molecule has 0 aromatic heterocycles. The van der Waals surface area contributed by atoms with Crippen molar-refractivity contribution in [3.05, 3.63) is 75.9 Å². The zero-order chi connectivity index (χ0) is 22.2. The molecular formula is C28H31NO3. The average Bonchev–Trinajstić information content (AvgIpc) is 3.09. The van der Waals surface area contributed by atoms with Crippen LogP contribution in [0.1, 0.15) is 78.8 Å². The summed E-state index contributed by atoms with van der Waals surface area (Å²) >= 11 is 0. The highest BCUT2D eigenvalue weighted by Gasteiger charge is 2.49. The summed E-state index contributed by atoms with van der Waals surface area (Å²) in [6, 6.07) is 13.4. The first-order valence-corrected chi connectivity index (χ1v) is 12.0. The Morgan fingerprint density at radius 3 is 2.38 bits per heavy atom. The number of aliphatic hydroxyl groups is 1. The minimum atomic E-state index is -0.556. The van der Waals surface area contributed by atoms with Crippen molar-refractivity contribution in [2.75, 3.05) is 0 Å². The number of amides is 1. The molecule has 1 saturated heterocycles. The van der Waals surface area contributed by atoms with Crippen LogP contribution >= 0.6 is 0 Å². The molecule has 2 fully saturated rings. The zero-order valence-corrected chi connectivity index (χ0v) is 18.8. The molecular weight excluding hydrogens is 398 g/mol. The number of aryl methyl sites for hydroxylation is 3. The molecule has 0 bridgehead atoms. The number of nitrogens with zero attached hydrogens (tertiary/aromatic N) is 1. The maximum Gasteiger partial charge on any atom is 0.295 e. The van der Waals surface area contributed by atoms with Gasteiger partial charge in [-0.05, 0) is 73.8 Å². The smallest absolute Gasteiger partial charge is 0.295 e. The summed E-state index contributed by atoms with van der Waals surface area (Å²) in [6.07, 6.45) is 9.52. The molecule has 166 valence electrons. The average molecular weight is 430 g/mol. The topological polar surface area (TPSA) is 57.6 Å². The van der Waals surface area contributed by atoms with Gasteiger partial charge in [0.1, 0.15) is 5.76 Å². The first kappa shape index (κ1) is 21.0. The van der Waals surface area contributed by atoms with Crippen molar-refractivity contribution in [2.45, 2.75) is 76.8 Å². The fraction of sp³-hybridized carbons (Fsp3) is 0.429. The third-order valence-electron chi connectivity index (χ3n) is 7.55. The molecule has 2 aromatic carbocycles. The number of benzene rings is 2. The quantitative estimate of drug-likeness (QED) is 0.391. The van der Waals surface area contributed by atoms with Crippen LogP contribution in [0, 0.1) is 6.92 Å². The lowest BCUT2D eigenvalue weighted by Gasteiger charge is -2.36. The van der Waals surface area contributed by atoms with Gasteiger partial charge in [-0.1, -0.05) is 55.7 Å². The third-order valence-corrected chi connectivity index (χ3v) is 7.55. The molecule has 32 heavy (non-hydrogen) atoms. The van der Waals surface area contributed by atoms with E-state index in [4.69, 9.17) is 0 Å². The van der Waals surface area contributed by atoms with Crippen molar-refractivity contribution in [3.63, 3.8) is 0 Å². The van der Waals surface area contributed by atoms with Gasteiger partial charge in [0.05, 0.1) is 11.6 Å². The summed E-state index contributed by atoms with van der Waals surface area (Å²) in [5.74, 6) is -1.06. The van der Waals surface area contributed by atoms with E-state index in [1.807, 2.05) is 43.3 Å². The first-order valence-electron chi connectivity index (χ1n) is 12.0. The van der Waals surface area contributed by atoms with Crippen LogP contribution in [0.15, 0.2) is 48.0 Å². The molecule has 3 aliphatic rings. The summed E-state index contributed by atoms with van der Waals surface area (Å²) < 4.78 is 0. The highest BCUT2D eigenvalue weighted by Crippen LogP contribution is 2.44. The Bertz CT molecular complexity index is 1090. The van der Waals surface area contributed by atoms with E-state index in [2.05, 4.69) is 6.07 Å². The van der Waals surface area contributed by atoms with Crippen LogP contribution in [0.25, 0.3) is 5.76 Å². The molecule has 0 spiro atoms. The maximum atomic E-state index is 13.3. The van der Waals surface area contributed by atoms with Gasteiger partial charge in [-0.2, -0.15) is 0 Å². The van der Waals surface area contributed by atoms with E-state index in [1.165, 1.54) is 24.0 Å². The molecule has 1 atom stereocenters. The fourth-order valence-corrected chi connectivity index (χ4v) is 5.82. The van der Waals surface area contributed by atoms with Gasteiger partial charge in [-0.25, -0.2) is 0 Å². The second-order valence-electron chi connectivity index (χ2n) is 9.55. The molecule has 1 saturated carbocycles. The normalized spacial score (nSPS) is 23.4. The third kappa shape index (κ3) is 3.56. The Hall–Kier alpha value is -2.88. The molecule has 5 rings (SSSR count). The van der Waals surface area contributed by atoms with Gasteiger partial charge < -0.3 is 10.0 Å². The molecule has 1 amide bonds. The highest BCUT2D eigenvalue weighted by molar-refractivity contribution is 6.46. The van der Waals surface area contributed by atoms with Crippen LogP contribution in [-0.2, 0) is 22.4 Å². The van der Waals surface area contributed by atoms with E-state index in [9.17, 15) is 14.7 Å². The predicted octanol–water partition coefficient (Wildman–Crippen LogP) is 5.63. The van der Waals surface area contributed by atoms with Crippen molar-refractivity contribution in [3.8, 4) is 0 Å². The van der Waals surface area contributed by atoms with Crippen LogP contribution in [0.2, 0.25) is 0 Å². The number of Topliss-reactive ketones (excluding diaryl/α,β-unsaturated/α-hetero) is 1. The van der Waals surface area contributed by atoms with Gasteiger partial charge in [0.15, 0.2) is 0 Å². The van der Waals surface area contributed by atoms with E-state index in [0.29, 0.717) is 5.56 Å². The zero-order valence-electron chi connectivity index (χ0n) is 18.8. The summed E-state index contributed by atoms with van der Waals surface area (Å²) in [6.45, 7) is 2.01. The minimum absolute atomic E-state index is 0.0386. The number of aliphatic hydroxyl groups excluding tert-OH is 1. The van der Waals surface area contributed by atoms with E-state index in [1.54, 1.807) is 4.90 Å². The van der Waals surface area contributed by atoms with Crippen LogP contribution in [0.3, 0.4) is 0 Å². The van der Waals surface area contributed by atoms with Crippen molar-refractivity contribution >= 4 is 17.4 Å². The van der Waals surface area contributed by atoms with Crippen LogP contribution in [0.4, 0.5) is 0 Å². The number of carbonyl (C=O) groups is 2. The van der Waals surface area contributed by atoms with E-state index < -0.39 is 17.7 Å². The Kier molecular flexibility index (Phi) is 5.62. The lowest BCUT2D eigenvalue weighted by Crippen LogP contribution is -2.40. The molecule has 4 heteroatoms. The fourth-order valence-electron chi connectivity index (χ4n) is 5.82. The summed E-state index contributed by atoms with van der Waals surface area (Å²) in [7, 11) is 0. The number of fused-ring (bicyclic) bond motifs is 1. The van der Waals surface area contributed by atoms with E-state index >= 15 is 0 Å².